The quantitative estimate of drug-likeness (QED) is 0.521. The molecule has 102 valence electrons. The molecule has 0 radical (unpaired) electrons. The Morgan fingerprint density at radius 2 is 1.95 bits per heavy atom. The number of hydrogen-bond acceptors (Lipinski definition) is 3. The van der Waals surface area contributed by atoms with E-state index in [9.17, 15) is 4.79 Å². The van der Waals surface area contributed by atoms with E-state index in [1.54, 1.807) is 24.3 Å². The molecule has 0 spiro atoms. The lowest BCUT2D eigenvalue weighted by atomic mass is 9.96. The van der Waals surface area contributed by atoms with Gasteiger partial charge in [0.05, 0.1) is 6.21 Å². The van der Waals surface area contributed by atoms with Crippen molar-refractivity contribution < 1.29 is 9.63 Å². The average molecular weight is 281 g/mol. The van der Waals surface area contributed by atoms with Gasteiger partial charge in [-0.15, -0.1) is 0 Å². The standard InChI is InChI=1S/C14H17ClN2O2/c15-12-8-6-11(7-9-12)10-16-19-14(18)17-13-4-2-1-3-5-13/h6-10,13H,1-5H2,(H,17,18)/b16-10+. The van der Waals surface area contributed by atoms with Crippen molar-refractivity contribution in [3.63, 3.8) is 0 Å². The van der Waals surface area contributed by atoms with Crippen LogP contribution in [0.2, 0.25) is 5.02 Å². The Hall–Kier alpha value is -1.55. The normalized spacial score (nSPS) is 16.5. The summed E-state index contributed by atoms with van der Waals surface area (Å²) in [5.41, 5.74) is 0.829. The Labute approximate surface area is 117 Å². The van der Waals surface area contributed by atoms with E-state index in [0.29, 0.717) is 5.02 Å². The molecule has 4 nitrogen and oxygen atoms in total. The highest BCUT2D eigenvalue weighted by molar-refractivity contribution is 6.30. The molecule has 1 amide bonds. The first-order valence-electron chi connectivity index (χ1n) is 6.50. The Morgan fingerprint density at radius 1 is 1.26 bits per heavy atom. The maximum atomic E-state index is 11.5. The van der Waals surface area contributed by atoms with Crippen molar-refractivity contribution in [2.75, 3.05) is 0 Å². The van der Waals surface area contributed by atoms with E-state index in [1.807, 2.05) is 0 Å². The topological polar surface area (TPSA) is 50.7 Å². The molecule has 0 unspecified atom stereocenters. The van der Waals surface area contributed by atoms with Crippen molar-refractivity contribution in [3.8, 4) is 0 Å². The minimum atomic E-state index is -0.489. The maximum Gasteiger partial charge on any atom is 0.433 e. The Kier molecular flexibility index (Phi) is 5.21. The van der Waals surface area contributed by atoms with Crippen LogP contribution in [0.15, 0.2) is 29.4 Å². The minimum absolute atomic E-state index is 0.229. The Balaban J connectivity index is 1.74. The summed E-state index contributed by atoms with van der Waals surface area (Å²) in [6.07, 6.45) is 6.63. The molecule has 1 aliphatic rings. The lowest BCUT2D eigenvalue weighted by Gasteiger charge is -2.21. The number of benzene rings is 1. The number of hydrogen-bond donors (Lipinski definition) is 1. The van der Waals surface area contributed by atoms with Gasteiger partial charge in [-0.1, -0.05) is 48.2 Å². The number of oxime groups is 1. The molecule has 5 heteroatoms. The second kappa shape index (κ2) is 7.14. The van der Waals surface area contributed by atoms with Gasteiger partial charge in [0.1, 0.15) is 0 Å². The second-order valence-corrected chi connectivity index (χ2v) is 5.08. The highest BCUT2D eigenvalue weighted by Crippen LogP contribution is 2.17. The highest BCUT2D eigenvalue weighted by atomic mass is 35.5. The van der Waals surface area contributed by atoms with E-state index in [1.165, 1.54) is 25.5 Å². The van der Waals surface area contributed by atoms with E-state index < -0.39 is 6.09 Å². The minimum Gasteiger partial charge on any atom is -0.317 e. The number of nitrogens with one attached hydrogen (secondary N) is 1. The van der Waals surface area contributed by atoms with Crippen molar-refractivity contribution in [2.24, 2.45) is 5.16 Å². The molecule has 1 N–H and O–H groups in total. The zero-order valence-corrected chi connectivity index (χ0v) is 11.4. The van der Waals surface area contributed by atoms with Crippen LogP contribution < -0.4 is 5.32 Å². The number of carbonyl (C=O) groups excluding carboxylic acids is 1. The first kappa shape index (κ1) is 13.9. The van der Waals surface area contributed by atoms with Crippen LogP contribution in [-0.2, 0) is 4.84 Å². The monoisotopic (exact) mass is 280 g/mol. The number of halogens is 1. The summed E-state index contributed by atoms with van der Waals surface area (Å²) >= 11 is 5.76. The van der Waals surface area contributed by atoms with Gasteiger partial charge in [0.15, 0.2) is 0 Å². The third kappa shape index (κ3) is 4.91. The largest absolute Gasteiger partial charge is 0.433 e. The Bertz CT molecular complexity index is 439. The molecule has 0 saturated heterocycles. The fourth-order valence-electron chi connectivity index (χ4n) is 2.12. The van der Waals surface area contributed by atoms with E-state index >= 15 is 0 Å². The van der Waals surface area contributed by atoms with Crippen LogP contribution in [0.25, 0.3) is 0 Å². The summed E-state index contributed by atoms with van der Waals surface area (Å²) in [5.74, 6) is 0. The van der Waals surface area contributed by atoms with Crippen molar-refractivity contribution in [1.82, 2.24) is 5.32 Å². The maximum absolute atomic E-state index is 11.5. The van der Waals surface area contributed by atoms with Crippen LogP contribution in [0.5, 0.6) is 0 Å². The van der Waals surface area contributed by atoms with Gasteiger partial charge in [0.2, 0.25) is 0 Å². The van der Waals surface area contributed by atoms with Crippen LogP contribution in [0, 0.1) is 0 Å². The molecule has 0 aliphatic heterocycles. The predicted molar refractivity (Wildman–Crippen MR) is 75.5 cm³/mol. The zero-order chi connectivity index (χ0) is 13.5. The van der Waals surface area contributed by atoms with Crippen LogP contribution in [0.1, 0.15) is 37.7 Å². The molecule has 1 aliphatic carbocycles. The van der Waals surface area contributed by atoms with Gasteiger partial charge >= 0.3 is 6.09 Å². The summed E-state index contributed by atoms with van der Waals surface area (Å²) in [7, 11) is 0. The molecular weight excluding hydrogens is 264 g/mol. The van der Waals surface area contributed by atoms with Crippen molar-refractivity contribution in [1.29, 1.82) is 0 Å². The SMILES string of the molecule is O=C(NC1CCCCC1)O/N=C/c1ccc(Cl)cc1. The molecule has 2 rings (SSSR count). The summed E-state index contributed by atoms with van der Waals surface area (Å²) in [5, 5.41) is 7.14. The van der Waals surface area contributed by atoms with Gasteiger partial charge in [0.25, 0.3) is 0 Å². The molecule has 1 saturated carbocycles. The fourth-order valence-corrected chi connectivity index (χ4v) is 2.25. The van der Waals surface area contributed by atoms with Gasteiger partial charge in [-0.05, 0) is 30.5 Å². The summed E-state index contributed by atoms with van der Waals surface area (Å²) in [6.45, 7) is 0. The molecule has 0 aromatic heterocycles. The second-order valence-electron chi connectivity index (χ2n) is 4.64. The summed E-state index contributed by atoms with van der Waals surface area (Å²) < 4.78 is 0. The number of rotatable bonds is 3. The molecule has 0 heterocycles. The molecule has 19 heavy (non-hydrogen) atoms. The van der Waals surface area contributed by atoms with Crippen molar-refractivity contribution in [2.45, 2.75) is 38.1 Å². The third-order valence-corrected chi connectivity index (χ3v) is 3.39. The van der Waals surface area contributed by atoms with Crippen LogP contribution >= 0.6 is 11.6 Å². The van der Waals surface area contributed by atoms with Crippen molar-refractivity contribution >= 4 is 23.9 Å². The fraction of sp³-hybridized carbons (Fsp3) is 0.429. The van der Waals surface area contributed by atoms with Gasteiger partial charge in [-0.3, -0.25) is 4.84 Å². The van der Waals surface area contributed by atoms with E-state index in [4.69, 9.17) is 16.4 Å². The highest BCUT2D eigenvalue weighted by Gasteiger charge is 2.16. The molecule has 0 bridgehead atoms. The molecule has 1 aromatic carbocycles. The number of amides is 1. The van der Waals surface area contributed by atoms with E-state index in [0.717, 1.165) is 18.4 Å². The van der Waals surface area contributed by atoms with E-state index in [-0.39, 0.29) is 6.04 Å². The van der Waals surface area contributed by atoms with Gasteiger partial charge in [0, 0.05) is 11.1 Å². The van der Waals surface area contributed by atoms with Crippen LogP contribution in [0.4, 0.5) is 4.79 Å². The van der Waals surface area contributed by atoms with E-state index in [2.05, 4.69) is 10.5 Å². The van der Waals surface area contributed by atoms with Gasteiger partial charge < -0.3 is 5.32 Å². The third-order valence-electron chi connectivity index (χ3n) is 3.13. The predicted octanol–water partition coefficient (Wildman–Crippen LogP) is 3.73. The smallest absolute Gasteiger partial charge is 0.317 e. The lowest BCUT2D eigenvalue weighted by Crippen LogP contribution is -2.35. The lowest BCUT2D eigenvalue weighted by molar-refractivity contribution is 0.144. The zero-order valence-electron chi connectivity index (χ0n) is 10.6. The van der Waals surface area contributed by atoms with Gasteiger partial charge in [-0.25, -0.2) is 4.79 Å². The number of nitrogens with zero attached hydrogens (tertiary/aromatic N) is 1. The average Bonchev–Trinajstić information content (AvgIpc) is 2.42. The molecular formula is C14H17ClN2O2. The first-order chi connectivity index (χ1) is 9.24. The molecule has 0 atom stereocenters. The summed E-state index contributed by atoms with van der Waals surface area (Å²) in [4.78, 5) is 16.3. The number of carbonyl (C=O) groups is 1. The van der Waals surface area contributed by atoms with Crippen molar-refractivity contribution in [3.05, 3.63) is 34.9 Å². The van der Waals surface area contributed by atoms with Gasteiger partial charge in [-0.2, -0.15) is 0 Å². The first-order valence-corrected chi connectivity index (χ1v) is 6.88. The summed E-state index contributed by atoms with van der Waals surface area (Å²) in [6, 6.07) is 7.34. The molecule has 1 aromatic rings. The molecule has 1 fully saturated rings. The van der Waals surface area contributed by atoms with Crippen LogP contribution in [-0.4, -0.2) is 18.3 Å². The Morgan fingerprint density at radius 3 is 2.63 bits per heavy atom. The van der Waals surface area contributed by atoms with Crippen LogP contribution in [0.3, 0.4) is 0 Å².